The van der Waals surface area contributed by atoms with Gasteiger partial charge < -0.3 is 10.0 Å². The summed E-state index contributed by atoms with van der Waals surface area (Å²) in [7, 11) is 0. The highest BCUT2D eigenvalue weighted by molar-refractivity contribution is 6.01. The maximum Gasteiger partial charge on any atom is 0.330 e. The molecular weight excluding hydrogens is 352 g/mol. The van der Waals surface area contributed by atoms with Gasteiger partial charge in [-0.25, -0.2) is 4.79 Å². The van der Waals surface area contributed by atoms with Crippen LogP contribution in [0.5, 0.6) is 0 Å². The standard InChI is InChI=1S/C23H28N2O3/c1-2-21(26)25(20-11-7-4-8-12-20)23(22(27)28)14-17-24(18-15-23)16-13-19-9-5-3-6-10-19/h3-12H,2,13-18H2,1H3,(H,27,28). The molecule has 0 atom stereocenters. The van der Waals surface area contributed by atoms with E-state index in [-0.39, 0.29) is 12.3 Å². The third-order valence-corrected chi connectivity index (χ3v) is 5.64. The zero-order valence-electron chi connectivity index (χ0n) is 16.4. The molecule has 2 aromatic rings. The summed E-state index contributed by atoms with van der Waals surface area (Å²) in [6, 6.07) is 19.5. The zero-order chi connectivity index (χ0) is 20.0. The van der Waals surface area contributed by atoms with E-state index in [0.29, 0.717) is 31.6 Å². The number of likely N-dealkylation sites (tertiary alicyclic amines) is 1. The Morgan fingerprint density at radius 1 is 1.00 bits per heavy atom. The molecule has 1 heterocycles. The Morgan fingerprint density at radius 3 is 2.11 bits per heavy atom. The van der Waals surface area contributed by atoms with Gasteiger partial charge in [0.05, 0.1) is 0 Å². The average Bonchev–Trinajstić information content (AvgIpc) is 2.74. The summed E-state index contributed by atoms with van der Waals surface area (Å²) in [6.45, 7) is 4.01. The van der Waals surface area contributed by atoms with Gasteiger partial charge in [-0.15, -0.1) is 0 Å². The van der Waals surface area contributed by atoms with E-state index >= 15 is 0 Å². The fourth-order valence-corrected chi connectivity index (χ4v) is 3.98. The van der Waals surface area contributed by atoms with E-state index in [1.54, 1.807) is 6.92 Å². The van der Waals surface area contributed by atoms with Gasteiger partial charge in [-0.1, -0.05) is 55.5 Å². The summed E-state index contributed by atoms with van der Waals surface area (Å²) in [5.74, 6) is -1.06. The van der Waals surface area contributed by atoms with Crippen molar-refractivity contribution in [1.82, 2.24) is 4.90 Å². The number of hydrogen-bond acceptors (Lipinski definition) is 3. The minimum Gasteiger partial charge on any atom is -0.479 e. The molecule has 0 aromatic heterocycles. The number of aliphatic carboxylic acids is 1. The summed E-state index contributed by atoms with van der Waals surface area (Å²) in [5.41, 5.74) is 0.761. The van der Waals surface area contributed by atoms with Gasteiger partial charge in [-0.3, -0.25) is 9.69 Å². The molecule has 1 fully saturated rings. The molecule has 0 unspecified atom stereocenters. The highest BCUT2D eigenvalue weighted by Gasteiger charge is 2.48. The van der Waals surface area contributed by atoms with Crippen LogP contribution in [0.15, 0.2) is 60.7 Å². The normalized spacial score (nSPS) is 16.5. The van der Waals surface area contributed by atoms with Crippen LogP contribution in [0.1, 0.15) is 31.7 Å². The number of carbonyl (C=O) groups excluding carboxylic acids is 1. The lowest BCUT2D eigenvalue weighted by Gasteiger charge is -2.46. The van der Waals surface area contributed by atoms with Gasteiger partial charge in [0.1, 0.15) is 5.54 Å². The SMILES string of the molecule is CCC(=O)N(c1ccccc1)C1(C(=O)O)CCN(CCc2ccccc2)CC1. The zero-order valence-corrected chi connectivity index (χ0v) is 16.4. The van der Waals surface area contributed by atoms with Crippen LogP contribution < -0.4 is 4.90 Å². The van der Waals surface area contributed by atoms with E-state index in [1.165, 1.54) is 10.5 Å². The van der Waals surface area contributed by atoms with Gasteiger partial charge in [-0.2, -0.15) is 0 Å². The number of anilines is 1. The van der Waals surface area contributed by atoms with Gasteiger partial charge in [0.2, 0.25) is 5.91 Å². The maximum absolute atomic E-state index is 12.8. The molecule has 0 saturated carbocycles. The lowest BCUT2D eigenvalue weighted by molar-refractivity contribution is -0.147. The Morgan fingerprint density at radius 2 is 1.57 bits per heavy atom. The number of hydrogen-bond donors (Lipinski definition) is 1. The first kappa shape index (κ1) is 20.1. The van der Waals surface area contributed by atoms with Crippen LogP contribution in [0, 0.1) is 0 Å². The third kappa shape index (κ3) is 4.25. The quantitative estimate of drug-likeness (QED) is 0.797. The van der Waals surface area contributed by atoms with E-state index in [4.69, 9.17) is 0 Å². The van der Waals surface area contributed by atoms with Crippen molar-refractivity contribution in [2.24, 2.45) is 0 Å². The fraction of sp³-hybridized carbons (Fsp3) is 0.391. The Balaban J connectivity index is 1.75. The molecule has 2 aromatic carbocycles. The van der Waals surface area contributed by atoms with Gasteiger partial charge >= 0.3 is 5.97 Å². The number of nitrogens with zero attached hydrogens (tertiary/aromatic N) is 2. The summed E-state index contributed by atoms with van der Waals surface area (Å²) >= 11 is 0. The topological polar surface area (TPSA) is 60.9 Å². The molecule has 0 bridgehead atoms. The first-order valence-corrected chi connectivity index (χ1v) is 9.94. The molecule has 1 aliphatic rings. The number of para-hydroxylation sites is 1. The van der Waals surface area contributed by atoms with Crippen molar-refractivity contribution in [2.75, 3.05) is 24.5 Å². The largest absolute Gasteiger partial charge is 0.479 e. The second kappa shape index (κ2) is 9.02. The van der Waals surface area contributed by atoms with Crippen molar-refractivity contribution in [3.8, 4) is 0 Å². The van der Waals surface area contributed by atoms with Gasteiger partial charge in [0.25, 0.3) is 0 Å². The van der Waals surface area contributed by atoms with E-state index in [0.717, 1.165) is 13.0 Å². The molecule has 3 rings (SSSR count). The van der Waals surface area contributed by atoms with Crippen LogP contribution in [-0.2, 0) is 16.0 Å². The molecule has 28 heavy (non-hydrogen) atoms. The van der Waals surface area contributed by atoms with Crippen LogP contribution >= 0.6 is 0 Å². The summed E-state index contributed by atoms with van der Waals surface area (Å²) in [5, 5.41) is 10.1. The Hall–Kier alpha value is -2.66. The lowest BCUT2D eigenvalue weighted by Crippen LogP contribution is -2.62. The highest BCUT2D eigenvalue weighted by Crippen LogP contribution is 2.34. The molecular formula is C23H28N2O3. The molecule has 5 heteroatoms. The molecule has 0 radical (unpaired) electrons. The number of amides is 1. The van der Waals surface area contributed by atoms with Crippen molar-refractivity contribution < 1.29 is 14.7 Å². The minimum atomic E-state index is -1.18. The van der Waals surface area contributed by atoms with Gasteiger partial charge in [0.15, 0.2) is 0 Å². The number of benzene rings is 2. The van der Waals surface area contributed by atoms with Crippen LogP contribution in [-0.4, -0.2) is 47.1 Å². The molecule has 148 valence electrons. The molecule has 1 amide bonds. The van der Waals surface area contributed by atoms with Crippen molar-refractivity contribution in [3.63, 3.8) is 0 Å². The lowest BCUT2D eigenvalue weighted by atomic mass is 9.84. The van der Waals surface area contributed by atoms with Crippen molar-refractivity contribution in [3.05, 3.63) is 66.2 Å². The van der Waals surface area contributed by atoms with Crippen molar-refractivity contribution in [2.45, 2.75) is 38.1 Å². The minimum absolute atomic E-state index is 0.147. The molecule has 0 spiro atoms. The van der Waals surface area contributed by atoms with E-state index in [2.05, 4.69) is 17.0 Å². The second-order valence-electron chi connectivity index (χ2n) is 7.33. The second-order valence-corrected chi connectivity index (χ2v) is 7.33. The van der Waals surface area contributed by atoms with Crippen LogP contribution in [0.2, 0.25) is 0 Å². The monoisotopic (exact) mass is 380 g/mol. The molecule has 0 aliphatic carbocycles. The fourth-order valence-electron chi connectivity index (χ4n) is 3.98. The number of carbonyl (C=O) groups is 2. The molecule has 1 N–H and O–H groups in total. The summed E-state index contributed by atoms with van der Waals surface area (Å²) < 4.78 is 0. The number of carboxylic acids is 1. The Labute approximate surface area is 166 Å². The molecule has 5 nitrogen and oxygen atoms in total. The highest BCUT2D eigenvalue weighted by atomic mass is 16.4. The van der Waals surface area contributed by atoms with Crippen LogP contribution in [0.3, 0.4) is 0 Å². The Kier molecular flexibility index (Phi) is 6.47. The molecule has 1 aliphatic heterocycles. The first-order chi connectivity index (χ1) is 13.6. The van der Waals surface area contributed by atoms with E-state index in [1.807, 2.05) is 48.5 Å². The first-order valence-electron chi connectivity index (χ1n) is 9.94. The summed E-state index contributed by atoms with van der Waals surface area (Å²) in [6.07, 6.45) is 2.08. The van der Waals surface area contributed by atoms with E-state index in [9.17, 15) is 14.7 Å². The third-order valence-electron chi connectivity index (χ3n) is 5.64. The number of carboxylic acid groups (broad SMARTS) is 1. The maximum atomic E-state index is 12.8. The number of piperidine rings is 1. The van der Waals surface area contributed by atoms with Crippen molar-refractivity contribution >= 4 is 17.6 Å². The average molecular weight is 380 g/mol. The van der Waals surface area contributed by atoms with Crippen LogP contribution in [0.25, 0.3) is 0 Å². The van der Waals surface area contributed by atoms with Crippen LogP contribution in [0.4, 0.5) is 5.69 Å². The predicted octanol–water partition coefficient (Wildman–Crippen LogP) is 3.59. The smallest absolute Gasteiger partial charge is 0.330 e. The van der Waals surface area contributed by atoms with Gasteiger partial charge in [-0.05, 0) is 37.0 Å². The predicted molar refractivity (Wildman–Crippen MR) is 110 cm³/mol. The number of rotatable bonds is 7. The molecule has 1 saturated heterocycles. The Bertz CT molecular complexity index is 784. The summed E-state index contributed by atoms with van der Waals surface area (Å²) in [4.78, 5) is 29.0. The van der Waals surface area contributed by atoms with Gasteiger partial charge in [0, 0.05) is 31.7 Å². The van der Waals surface area contributed by atoms with Crippen molar-refractivity contribution in [1.29, 1.82) is 0 Å². The van der Waals surface area contributed by atoms with E-state index < -0.39 is 11.5 Å².